The summed E-state index contributed by atoms with van der Waals surface area (Å²) in [5.74, 6) is 0.799. The van der Waals surface area contributed by atoms with Crippen LogP contribution in [0, 0.1) is 24.0 Å². The van der Waals surface area contributed by atoms with Crippen molar-refractivity contribution in [2.75, 3.05) is 13.4 Å². The molecule has 1 N–H and O–H groups in total. The predicted octanol–water partition coefficient (Wildman–Crippen LogP) is 2.47. The van der Waals surface area contributed by atoms with Crippen LogP contribution in [-0.4, -0.2) is 30.4 Å². The lowest BCUT2D eigenvalue weighted by atomic mass is 10.1. The van der Waals surface area contributed by atoms with Gasteiger partial charge in [0.05, 0.1) is 22.8 Å². The number of benzene rings is 2. The predicted molar refractivity (Wildman–Crippen MR) is 96.4 cm³/mol. The Balaban J connectivity index is 1.62. The highest BCUT2D eigenvalue weighted by Crippen LogP contribution is 2.37. The first kappa shape index (κ1) is 18.2. The Hall–Kier alpha value is -3.62. The first-order chi connectivity index (χ1) is 12.9. The van der Waals surface area contributed by atoms with Crippen LogP contribution in [0.25, 0.3) is 0 Å². The van der Waals surface area contributed by atoms with E-state index in [4.69, 9.17) is 14.2 Å². The molecule has 0 saturated carbocycles. The maximum atomic E-state index is 11.9. The molecule has 0 unspecified atom stereocenters. The lowest BCUT2D eigenvalue weighted by Gasteiger charge is -2.08. The van der Waals surface area contributed by atoms with Crippen LogP contribution in [-0.2, 0) is 4.79 Å². The van der Waals surface area contributed by atoms with E-state index in [1.807, 2.05) is 32.0 Å². The number of nitrogens with one attached hydrogen (secondary N) is 1. The third kappa shape index (κ3) is 4.32. The topological polar surface area (TPSA) is 112 Å². The molecule has 0 aromatic heterocycles. The molecule has 140 valence electrons. The average molecular weight is 371 g/mol. The van der Waals surface area contributed by atoms with Crippen molar-refractivity contribution in [2.45, 2.75) is 13.8 Å². The second-order valence-electron chi connectivity index (χ2n) is 5.87. The van der Waals surface area contributed by atoms with Gasteiger partial charge in [0.15, 0.2) is 18.1 Å². The second-order valence-corrected chi connectivity index (χ2v) is 5.87. The van der Waals surface area contributed by atoms with Crippen molar-refractivity contribution in [2.24, 2.45) is 5.10 Å². The molecule has 1 amide bonds. The summed E-state index contributed by atoms with van der Waals surface area (Å²) >= 11 is 0. The zero-order valence-corrected chi connectivity index (χ0v) is 14.7. The van der Waals surface area contributed by atoms with Gasteiger partial charge in [-0.15, -0.1) is 0 Å². The minimum atomic E-state index is -0.561. The summed E-state index contributed by atoms with van der Waals surface area (Å²) in [5.41, 5.74) is 4.18. The molecule has 0 fully saturated rings. The number of rotatable bonds is 6. The lowest BCUT2D eigenvalue weighted by Crippen LogP contribution is -2.24. The number of nitro benzene ring substituents is 1. The smallest absolute Gasteiger partial charge is 0.282 e. The number of hydrogen-bond donors (Lipinski definition) is 1. The summed E-state index contributed by atoms with van der Waals surface area (Å²) in [5, 5.41) is 14.9. The molecular weight excluding hydrogens is 354 g/mol. The fourth-order valence-corrected chi connectivity index (χ4v) is 2.42. The van der Waals surface area contributed by atoms with Crippen molar-refractivity contribution in [3.05, 3.63) is 57.1 Å². The molecule has 0 radical (unpaired) electrons. The summed E-state index contributed by atoms with van der Waals surface area (Å²) in [6, 6.07) is 8.38. The molecule has 0 atom stereocenters. The van der Waals surface area contributed by atoms with E-state index in [1.54, 1.807) is 0 Å². The van der Waals surface area contributed by atoms with E-state index < -0.39 is 10.8 Å². The van der Waals surface area contributed by atoms with E-state index in [1.165, 1.54) is 18.3 Å². The number of fused-ring (bicyclic) bond motifs is 1. The monoisotopic (exact) mass is 371 g/mol. The van der Waals surface area contributed by atoms with Gasteiger partial charge in [0.25, 0.3) is 11.6 Å². The minimum Gasteiger partial charge on any atom is -0.483 e. The SMILES string of the molecule is Cc1ccc(C)c(OCC(=O)N/N=C/c2cc3c(cc2[N+](=O)[O-])OCO3)c1. The van der Waals surface area contributed by atoms with Gasteiger partial charge in [0.1, 0.15) is 5.75 Å². The van der Waals surface area contributed by atoms with Crippen molar-refractivity contribution >= 4 is 17.8 Å². The maximum absolute atomic E-state index is 11.9. The van der Waals surface area contributed by atoms with Crippen LogP contribution in [0.2, 0.25) is 0 Å². The number of nitrogens with zero attached hydrogens (tertiary/aromatic N) is 2. The highest BCUT2D eigenvalue weighted by molar-refractivity contribution is 5.88. The highest BCUT2D eigenvalue weighted by atomic mass is 16.7. The summed E-state index contributed by atoms with van der Waals surface area (Å²) in [6.07, 6.45) is 1.18. The molecule has 3 rings (SSSR count). The molecule has 0 bridgehead atoms. The zero-order chi connectivity index (χ0) is 19.4. The second kappa shape index (κ2) is 7.73. The molecule has 0 aliphatic carbocycles. The Labute approximate surface area is 154 Å². The van der Waals surface area contributed by atoms with Crippen LogP contribution >= 0.6 is 0 Å². The Bertz CT molecular complexity index is 926. The van der Waals surface area contributed by atoms with Crippen molar-refractivity contribution < 1.29 is 23.9 Å². The summed E-state index contributed by atoms with van der Waals surface area (Å²) in [7, 11) is 0. The first-order valence-electron chi connectivity index (χ1n) is 8.04. The van der Waals surface area contributed by atoms with E-state index in [-0.39, 0.29) is 24.7 Å². The van der Waals surface area contributed by atoms with Crippen LogP contribution in [0.1, 0.15) is 16.7 Å². The molecular formula is C18H17N3O6. The molecule has 1 aliphatic heterocycles. The number of ether oxygens (including phenoxy) is 3. The third-order valence-electron chi connectivity index (χ3n) is 3.81. The molecule has 2 aromatic carbocycles. The number of carbonyl (C=O) groups excluding carboxylic acids is 1. The Kier molecular flexibility index (Phi) is 5.20. The van der Waals surface area contributed by atoms with Crippen LogP contribution in [0.4, 0.5) is 5.69 Å². The molecule has 2 aromatic rings. The fourth-order valence-electron chi connectivity index (χ4n) is 2.42. The van der Waals surface area contributed by atoms with E-state index in [0.29, 0.717) is 17.2 Å². The van der Waals surface area contributed by atoms with Crippen molar-refractivity contribution in [1.29, 1.82) is 0 Å². The zero-order valence-electron chi connectivity index (χ0n) is 14.7. The maximum Gasteiger partial charge on any atom is 0.282 e. The molecule has 27 heavy (non-hydrogen) atoms. The fraction of sp³-hybridized carbons (Fsp3) is 0.222. The molecule has 1 heterocycles. The lowest BCUT2D eigenvalue weighted by molar-refractivity contribution is -0.385. The van der Waals surface area contributed by atoms with Gasteiger partial charge < -0.3 is 14.2 Å². The quantitative estimate of drug-likeness (QED) is 0.474. The summed E-state index contributed by atoms with van der Waals surface area (Å²) in [6.45, 7) is 3.57. The van der Waals surface area contributed by atoms with Crippen molar-refractivity contribution in [3.8, 4) is 17.2 Å². The van der Waals surface area contributed by atoms with Crippen LogP contribution in [0.5, 0.6) is 17.2 Å². The Morgan fingerprint density at radius 1 is 1.30 bits per heavy atom. The largest absolute Gasteiger partial charge is 0.483 e. The summed E-state index contributed by atoms with van der Waals surface area (Å²) < 4.78 is 15.8. The molecule has 0 saturated heterocycles. The standard InChI is InChI=1S/C18H17N3O6/c1-11-3-4-12(2)15(5-11)25-9-18(22)20-19-8-13-6-16-17(27-10-26-16)7-14(13)21(23)24/h3-8H,9-10H2,1-2H3,(H,20,22)/b19-8+. The van der Waals surface area contributed by atoms with Gasteiger partial charge in [0, 0.05) is 0 Å². The number of nitro groups is 1. The molecule has 1 aliphatic rings. The van der Waals surface area contributed by atoms with Gasteiger partial charge in [-0.2, -0.15) is 5.10 Å². The Morgan fingerprint density at radius 3 is 2.78 bits per heavy atom. The Morgan fingerprint density at radius 2 is 2.04 bits per heavy atom. The van der Waals surface area contributed by atoms with Crippen LogP contribution in [0.3, 0.4) is 0 Å². The van der Waals surface area contributed by atoms with Gasteiger partial charge in [-0.3, -0.25) is 14.9 Å². The summed E-state index contributed by atoms with van der Waals surface area (Å²) in [4.78, 5) is 22.5. The van der Waals surface area contributed by atoms with E-state index >= 15 is 0 Å². The molecule has 9 nitrogen and oxygen atoms in total. The van der Waals surface area contributed by atoms with Gasteiger partial charge in [-0.1, -0.05) is 12.1 Å². The van der Waals surface area contributed by atoms with E-state index in [9.17, 15) is 14.9 Å². The normalized spacial score (nSPS) is 12.2. The average Bonchev–Trinajstić information content (AvgIpc) is 3.09. The van der Waals surface area contributed by atoms with Crippen molar-refractivity contribution in [3.63, 3.8) is 0 Å². The van der Waals surface area contributed by atoms with Gasteiger partial charge >= 0.3 is 0 Å². The number of aryl methyl sites for hydroxylation is 2. The van der Waals surface area contributed by atoms with Crippen molar-refractivity contribution in [1.82, 2.24) is 5.43 Å². The molecule has 0 spiro atoms. The van der Waals surface area contributed by atoms with Gasteiger partial charge in [-0.05, 0) is 37.1 Å². The first-order valence-corrected chi connectivity index (χ1v) is 8.04. The van der Waals surface area contributed by atoms with Gasteiger partial charge in [-0.25, -0.2) is 5.43 Å². The van der Waals surface area contributed by atoms with Crippen LogP contribution in [0.15, 0.2) is 35.4 Å². The number of hydrogen-bond acceptors (Lipinski definition) is 7. The van der Waals surface area contributed by atoms with E-state index in [0.717, 1.165) is 11.1 Å². The minimum absolute atomic E-state index is 0.000461. The van der Waals surface area contributed by atoms with Crippen LogP contribution < -0.4 is 19.6 Å². The molecule has 9 heteroatoms. The number of amides is 1. The van der Waals surface area contributed by atoms with E-state index in [2.05, 4.69) is 10.5 Å². The highest BCUT2D eigenvalue weighted by Gasteiger charge is 2.22. The van der Waals surface area contributed by atoms with Gasteiger partial charge in [0.2, 0.25) is 6.79 Å². The number of hydrazone groups is 1. The third-order valence-corrected chi connectivity index (χ3v) is 3.81. The number of carbonyl (C=O) groups is 1.